The lowest BCUT2D eigenvalue weighted by atomic mass is 9.94. The van der Waals surface area contributed by atoms with Crippen LogP contribution >= 0.6 is 11.6 Å². The van der Waals surface area contributed by atoms with Crippen molar-refractivity contribution >= 4 is 11.6 Å². The Morgan fingerprint density at radius 3 is 1.55 bits per heavy atom. The van der Waals surface area contributed by atoms with Crippen molar-refractivity contribution in [2.75, 3.05) is 6.07 Å². The van der Waals surface area contributed by atoms with Crippen LogP contribution in [-0.4, -0.2) is 11.7 Å². The summed E-state index contributed by atoms with van der Waals surface area (Å²) in [5, 5.41) is 0. The van der Waals surface area contributed by atoms with Crippen molar-refractivity contribution in [3.05, 3.63) is 0 Å². The normalized spacial score (nSPS) is 10.9. The molecule has 0 aromatic carbocycles. The molecule has 0 spiro atoms. The van der Waals surface area contributed by atoms with Crippen LogP contribution < -0.4 is 6.15 Å². The topological polar surface area (TPSA) is 44.2 Å². The zero-order valence-electron chi connectivity index (χ0n) is 7.82. The van der Waals surface area contributed by atoms with E-state index in [0.717, 1.165) is 19.3 Å². The van der Waals surface area contributed by atoms with Gasteiger partial charge in [-0.15, -0.1) is 0 Å². The van der Waals surface area contributed by atoms with E-state index in [4.69, 9.17) is 16.3 Å². The van der Waals surface area contributed by atoms with Crippen LogP contribution in [0.4, 0.5) is 0 Å². The molecular formula is C8H20ClNO. The van der Waals surface area contributed by atoms with Gasteiger partial charge in [0.15, 0.2) is 0 Å². The second kappa shape index (κ2) is 6.89. The van der Waals surface area contributed by atoms with Gasteiger partial charge in [0.2, 0.25) is 0 Å². The molecule has 0 atom stereocenters. The van der Waals surface area contributed by atoms with Gasteiger partial charge in [-0.3, -0.25) is 0 Å². The fraction of sp³-hybridized carbons (Fsp3) is 1.00. The molecule has 0 saturated heterocycles. The highest BCUT2D eigenvalue weighted by Gasteiger charge is 2.23. The molecule has 0 aromatic heterocycles. The van der Waals surface area contributed by atoms with Gasteiger partial charge in [-0.2, -0.15) is 0 Å². The van der Waals surface area contributed by atoms with Crippen LogP contribution in [0, 0.1) is 0 Å². The van der Waals surface area contributed by atoms with E-state index in [0.29, 0.717) is 6.07 Å². The first-order valence-electron chi connectivity index (χ1n) is 3.94. The minimum atomic E-state index is 0. The molecule has 0 aromatic rings. The molecule has 0 aliphatic carbocycles. The third-order valence-electron chi connectivity index (χ3n) is 2.29. The molecule has 0 fully saturated rings. The zero-order chi connectivity index (χ0) is 8.04. The van der Waals surface area contributed by atoms with E-state index in [1.165, 1.54) is 0 Å². The van der Waals surface area contributed by atoms with E-state index in [2.05, 4.69) is 20.8 Å². The van der Waals surface area contributed by atoms with Crippen molar-refractivity contribution in [2.24, 2.45) is 0 Å². The Bertz CT molecular complexity index is 75.9. The highest BCUT2D eigenvalue weighted by Crippen LogP contribution is 2.24. The summed E-state index contributed by atoms with van der Waals surface area (Å²) in [6.07, 6.45) is 3.14. The van der Waals surface area contributed by atoms with Gasteiger partial charge in [0, 0.05) is 0 Å². The van der Waals surface area contributed by atoms with Gasteiger partial charge in [0.05, 0.1) is 5.60 Å². The Labute approximate surface area is 74.8 Å². The van der Waals surface area contributed by atoms with E-state index in [9.17, 15) is 0 Å². The molecular weight excluding hydrogens is 162 g/mol. The van der Waals surface area contributed by atoms with Crippen LogP contribution in [0.15, 0.2) is 0 Å². The van der Waals surface area contributed by atoms with Crippen LogP contribution in [0.3, 0.4) is 0 Å². The average molecular weight is 182 g/mol. The van der Waals surface area contributed by atoms with Gasteiger partial charge in [0.1, 0.15) is 6.07 Å². The number of ether oxygens (including phenoxy) is 1. The lowest BCUT2D eigenvalue weighted by Gasteiger charge is -2.29. The van der Waals surface area contributed by atoms with Crippen molar-refractivity contribution in [1.82, 2.24) is 6.15 Å². The number of hydrogen-bond acceptors (Lipinski definition) is 2. The molecule has 3 N–H and O–H groups in total. The summed E-state index contributed by atoms with van der Waals surface area (Å²) in [4.78, 5) is 0. The Balaban J connectivity index is 0. The van der Waals surface area contributed by atoms with Gasteiger partial charge in [-0.05, 0) is 19.3 Å². The summed E-state index contributed by atoms with van der Waals surface area (Å²) in [5.41, 5.74) is 0.0434. The Morgan fingerprint density at radius 1 is 1.09 bits per heavy atom. The monoisotopic (exact) mass is 181 g/mol. The second-order valence-corrected chi connectivity index (χ2v) is 2.72. The van der Waals surface area contributed by atoms with Crippen molar-refractivity contribution in [2.45, 2.75) is 45.6 Å². The Morgan fingerprint density at radius 2 is 1.45 bits per heavy atom. The fourth-order valence-electron chi connectivity index (χ4n) is 1.17. The zero-order valence-corrected chi connectivity index (χ0v) is 8.58. The van der Waals surface area contributed by atoms with Crippen molar-refractivity contribution < 1.29 is 4.74 Å². The first-order valence-corrected chi connectivity index (χ1v) is 4.48. The van der Waals surface area contributed by atoms with Crippen molar-refractivity contribution in [3.8, 4) is 0 Å². The molecule has 0 bridgehead atoms. The largest absolute Gasteiger partial charge is 0.359 e. The molecule has 3 heteroatoms. The van der Waals surface area contributed by atoms with Crippen LogP contribution in [0.5, 0.6) is 0 Å². The first kappa shape index (κ1) is 13.8. The lowest BCUT2D eigenvalue weighted by Crippen LogP contribution is -2.29. The molecule has 0 rings (SSSR count). The van der Waals surface area contributed by atoms with E-state index < -0.39 is 0 Å². The van der Waals surface area contributed by atoms with Crippen LogP contribution in [0.2, 0.25) is 0 Å². The van der Waals surface area contributed by atoms with Crippen LogP contribution in [0.1, 0.15) is 40.0 Å². The minimum Gasteiger partial charge on any atom is -0.359 e. The summed E-state index contributed by atoms with van der Waals surface area (Å²) < 4.78 is 5.44. The molecule has 0 aliphatic rings. The van der Waals surface area contributed by atoms with Crippen molar-refractivity contribution in [1.29, 1.82) is 0 Å². The molecule has 11 heavy (non-hydrogen) atoms. The quantitative estimate of drug-likeness (QED) is 0.662. The predicted molar refractivity (Wildman–Crippen MR) is 50.4 cm³/mol. The molecule has 0 unspecified atom stereocenters. The third-order valence-corrected chi connectivity index (χ3v) is 2.40. The molecule has 0 radical (unpaired) electrons. The third kappa shape index (κ3) is 3.94. The molecule has 2 nitrogen and oxygen atoms in total. The lowest BCUT2D eigenvalue weighted by molar-refractivity contribution is -0.0309. The predicted octanol–water partition coefficient (Wildman–Crippen LogP) is 3.33. The van der Waals surface area contributed by atoms with E-state index in [1.54, 1.807) is 0 Å². The maximum absolute atomic E-state index is 5.50. The molecule has 70 valence electrons. The van der Waals surface area contributed by atoms with E-state index in [-0.39, 0.29) is 11.8 Å². The smallest absolute Gasteiger partial charge is 0.121 e. The average Bonchev–Trinajstić information content (AvgIpc) is 2.01. The fourth-order valence-corrected chi connectivity index (χ4v) is 1.40. The highest BCUT2D eigenvalue weighted by atomic mass is 35.5. The van der Waals surface area contributed by atoms with Crippen LogP contribution in [0.25, 0.3) is 0 Å². The SMILES string of the molecule is CCC(CC)(CC)OCCl.N. The summed E-state index contributed by atoms with van der Waals surface area (Å²) in [6.45, 7) is 6.42. The van der Waals surface area contributed by atoms with Gasteiger partial charge in [-0.25, -0.2) is 0 Å². The van der Waals surface area contributed by atoms with E-state index in [1.807, 2.05) is 0 Å². The standard InChI is InChI=1S/C8H17ClO.H3N/c1-4-8(5-2,6-3)10-7-9;/h4-7H2,1-3H3;1H3. The van der Waals surface area contributed by atoms with Crippen LogP contribution in [-0.2, 0) is 4.74 Å². The highest BCUT2D eigenvalue weighted by molar-refractivity contribution is 6.17. The molecule has 0 saturated carbocycles. The maximum Gasteiger partial charge on any atom is 0.121 e. The summed E-state index contributed by atoms with van der Waals surface area (Å²) in [5.74, 6) is 0. The number of alkyl halides is 1. The Hall–Kier alpha value is 0.210. The molecule has 0 amide bonds. The number of hydrogen-bond donors (Lipinski definition) is 1. The van der Waals surface area contributed by atoms with Gasteiger partial charge >= 0.3 is 0 Å². The summed E-state index contributed by atoms with van der Waals surface area (Å²) >= 11 is 5.50. The molecule has 0 heterocycles. The Kier molecular flexibility index (Phi) is 8.63. The first-order chi connectivity index (χ1) is 4.74. The number of halogens is 1. The maximum atomic E-state index is 5.50. The van der Waals surface area contributed by atoms with Gasteiger partial charge < -0.3 is 10.9 Å². The summed E-state index contributed by atoms with van der Waals surface area (Å²) in [7, 11) is 0. The number of rotatable bonds is 5. The summed E-state index contributed by atoms with van der Waals surface area (Å²) in [6, 6.07) is 0.315. The van der Waals surface area contributed by atoms with E-state index >= 15 is 0 Å². The van der Waals surface area contributed by atoms with Gasteiger partial charge in [-0.1, -0.05) is 32.4 Å². The van der Waals surface area contributed by atoms with Crippen molar-refractivity contribution in [3.63, 3.8) is 0 Å². The second-order valence-electron chi connectivity index (χ2n) is 2.50. The minimum absolute atomic E-state index is 0. The molecule has 0 aliphatic heterocycles. The van der Waals surface area contributed by atoms with Gasteiger partial charge in [0.25, 0.3) is 0 Å².